The van der Waals surface area contributed by atoms with Crippen LogP contribution in [0.1, 0.15) is 44.0 Å². The van der Waals surface area contributed by atoms with E-state index in [-0.39, 0.29) is 0 Å². The van der Waals surface area contributed by atoms with Crippen LogP contribution >= 0.6 is 11.6 Å². The molecule has 0 fully saturated rings. The SMILES string of the molecule is CCn1nc(C)cc1CNCCCCCCCl. The van der Waals surface area contributed by atoms with Crippen LogP contribution in [0.4, 0.5) is 0 Å². The zero-order chi connectivity index (χ0) is 12.5. The number of hydrogen-bond acceptors (Lipinski definition) is 2. The van der Waals surface area contributed by atoms with Gasteiger partial charge in [0, 0.05) is 19.0 Å². The number of rotatable bonds is 9. The zero-order valence-corrected chi connectivity index (χ0v) is 11.8. The first-order valence-corrected chi connectivity index (χ1v) is 7.11. The van der Waals surface area contributed by atoms with Crippen molar-refractivity contribution in [2.45, 2.75) is 52.6 Å². The summed E-state index contributed by atoms with van der Waals surface area (Å²) in [7, 11) is 0. The smallest absolute Gasteiger partial charge is 0.0597 e. The van der Waals surface area contributed by atoms with Gasteiger partial charge in [-0.2, -0.15) is 5.10 Å². The Morgan fingerprint density at radius 3 is 2.76 bits per heavy atom. The molecule has 0 aliphatic heterocycles. The van der Waals surface area contributed by atoms with Crippen LogP contribution in [0.3, 0.4) is 0 Å². The molecule has 1 aromatic rings. The topological polar surface area (TPSA) is 29.9 Å². The fraction of sp³-hybridized carbons (Fsp3) is 0.769. The number of hydrogen-bond donors (Lipinski definition) is 1. The van der Waals surface area contributed by atoms with Crippen LogP contribution in [0.2, 0.25) is 0 Å². The zero-order valence-electron chi connectivity index (χ0n) is 11.0. The fourth-order valence-electron chi connectivity index (χ4n) is 1.93. The lowest BCUT2D eigenvalue weighted by Gasteiger charge is -2.06. The van der Waals surface area contributed by atoms with E-state index in [1.807, 2.05) is 6.92 Å². The molecule has 0 bridgehead atoms. The Morgan fingerprint density at radius 2 is 2.06 bits per heavy atom. The van der Waals surface area contributed by atoms with Crippen LogP contribution in [0.25, 0.3) is 0 Å². The molecule has 0 unspecified atom stereocenters. The lowest BCUT2D eigenvalue weighted by Crippen LogP contribution is -2.17. The van der Waals surface area contributed by atoms with E-state index in [0.717, 1.165) is 37.6 Å². The summed E-state index contributed by atoms with van der Waals surface area (Å²) in [6, 6.07) is 2.16. The number of halogens is 1. The molecule has 0 aliphatic carbocycles. The van der Waals surface area contributed by atoms with Crippen LogP contribution < -0.4 is 5.32 Å². The molecule has 0 aliphatic rings. The Bertz CT molecular complexity index is 310. The van der Waals surface area contributed by atoms with Crippen molar-refractivity contribution in [3.63, 3.8) is 0 Å². The molecule has 0 saturated carbocycles. The number of aryl methyl sites for hydroxylation is 2. The first-order valence-electron chi connectivity index (χ1n) is 6.58. The summed E-state index contributed by atoms with van der Waals surface area (Å²) < 4.78 is 2.07. The maximum absolute atomic E-state index is 5.63. The van der Waals surface area contributed by atoms with Gasteiger partial charge in [-0.1, -0.05) is 12.8 Å². The Morgan fingerprint density at radius 1 is 1.29 bits per heavy atom. The van der Waals surface area contributed by atoms with Crippen molar-refractivity contribution in [1.82, 2.24) is 15.1 Å². The highest BCUT2D eigenvalue weighted by molar-refractivity contribution is 6.17. The van der Waals surface area contributed by atoms with Crippen molar-refractivity contribution in [2.75, 3.05) is 12.4 Å². The molecule has 0 aromatic carbocycles. The van der Waals surface area contributed by atoms with Gasteiger partial charge in [0.15, 0.2) is 0 Å². The van der Waals surface area contributed by atoms with Crippen molar-refractivity contribution >= 4 is 11.6 Å². The fourth-order valence-corrected chi connectivity index (χ4v) is 2.12. The Balaban J connectivity index is 2.13. The van der Waals surface area contributed by atoms with E-state index in [9.17, 15) is 0 Å². The van der Waals surface area contributed by atoms with Crippen LogP contribution in [-0.4, -0.2) is 22.2 Å². The second-order valence-corrected chi connectivity index (χ2v) is 4.75. The molecular formula is C13H24ClN3. The van der Waals surface area contributed by atoms with Gasteiger partial charge in [0.2, 0.25) is 0 Å². The van der Waals surface area contributed by atoms with Gasteiger partial charge in [-0.25, -0.2) is 0 Å². The van der Waals surface area contributed by atoms with Crippen molar-refractivity contribution < 1.29 is 0 Å². The minimum atomic E-state index is 0.794. The second-order valence-electron chi connectivity index (χ2n) is 4.37. The van der Waals surface area contributed by atoms with Crippen molar-refractivity contribution in [1.29, 1.82) is 0 Å². The van der Waals surface area contributed by atoms with Crippen molar-refractivity contribution in [3.05, 3.63) is 17.5 Å². The molecular weight excluding hydrogens is 234 g/mol. The lowest BCUT2D eigenvalue weighted by molar-refractivity contribution is 0.557. The van der Waals surface area contributed by atoms with Gasteiger partial charge >= 0.3 is 0 Å². The molecule has 1 rings (SSSR count). The van der Waals surface area contributed by atoms with Gasteiger partial charge in [-0.05, 0) is 39.3 Å². The molecule has 17 heavy (non-hydrogen) atoms. The molecule has 1 aromatic heterocycles. The first kappa shape index (κ1) is 14.5. The predicted molar refractivity (Wildman–Crippen MR) is 73.5 cm³/mol. The number of alkyl halides is 1. The van der Waals surface area contributed by atoms with Gasteiger partial charge in [0.25, 0.3) is 0 Å². The summed E-state index contributed by atoms with van der Waals surface area (Å²) >= 11 is 5.63. The Kier molecular flexibility index (Phi) is 7.29. The normalized spacial score (nSPS) is 11.0. The monoisotopic (exact) mass is 257 g/mol. The molecule has 3 nitrogen and oxygen atoms in total. The lowest BCUT2D eigenvalue weighted by atomic mass is 10.2. The first-order chi connectivity index (χ1) is 8.27. The van der Waals surface area contributed by atoms with Crippen LogP contribution in [-0.2, 0) is 13.1 Å². The number of nitrogens with zero attached hydrogens (tertiary/aromatic N) is 2. The van der Waals surface area contributed by atoms with Gasteiger partial charge < -0.3 is 5.32 Å². The molecule has 1 heterocycles. The summed E-state index contributed by atoms with van der Waals surface area (Å²) in [6.45, 7) is 7.12. The van der Waals surface area contributed by atoms with E-state index >= 15 is 0 Å². The quantitative estimate of drug-likeness (QED) is 0.544. The molecule has 4 heteroatoms. The third-order valence-corrected chi connectivity index (χ3v) is 3.10. The molecule has 0 spiro atoms. The molecule has 0 radical (unpaired) electrons. The molecule has 1 N–H and O–H groups in total. The van der Waals surface area contributed by atoms with Crippen LogP contribution in [0.15, 0.2) is 6.07 Å². The van der Waals surface area contributed by atoms with Gasteiger partial charge in [-0.3, -0.25) is 4.68 Å². The van der Waals surface area contributed by atoms with E-state index in [1.54, 1.807) is 0 Å². The van der Waals surface area contributed by atoms with Gasteiger partial charge in [0.05, 0.1) is 11.4 Å². The highest BCUT2D eigenvalue weighted by Crippen LogP contribution is 2.04. The molecule has 0 amide bonds. The average molecular weight is 258 g/mol. The van der Waals surface area contributed by atoms with E-state index in [1.165, 1.54) is 25.0 Å². The Hall–Kier alpha value is -0.540. The summed E-state index contributed by atoms with van der Waals surface area (Å²) in [5.74, 6) is 0.794. The Labute approximate surface area is 110 Å². The third-order valence-electron chi connectivity index (χ3n) is 2.83. The maximum atomic E-state index is 5.63. The molecule has 0 atom stereocenters. The van der Waals surface area contributed by atoms with Crippen LogP contribution in [0, 0.1) is 6.92 Å². The van der Waals surface area contributed by atoms with E-state index in [0.29, 0.717) is 0 Å². The van der Waals surface area contributed by atoms with Gasteiger partial charge in [0.1, 0.15) is 0 Å². The van der Waals surface area contributed by atoms with Crippen molar-refractivity contribution in [2.24, 2.45) is 0 Å². The molecule has 0 saturated heterocycles. The van der Waals surface area contributed by atoms with E-state index < -0.39 is 0 Å². The second kappa shape index (κ2) is 8.54. The minimum Gasteiger partial charge on any atom is -0.311 e. The highest BCUT2D eigenvalue weighted by atomic mass is 35.5. The minimum absolute atomic E-state index is 0.794. The standard InChI is InChI=1S/C13H24ClN3/c1-3-17-13(10-12(2)16-17)11-15-9-7-5-4-6-8-14/h10,15H,3-9,11H2,1-2H3. The maximum Gasteiger partial charge on any atom is 0.0597 e. The third kappa shape index (κ3) is 5.55. The van der Waals surface area contributed by atoms with Crippen molar-refractivity contribution in [3.8, 4) is 0 Å². The summed E-state index contributed by atoms with van der Waals surface area (Å²) in [4.78, 5) is 0. The summed E-state index contributed by atoms with van der Waals surface area (Å²) in [5, 5.41) is 7.90. The number of nitrogens with one attached hydrogen (secondary N) is 1. The molecule has 98 valence electrons. The summed E-state index contributed by atoms with van der Waals surface area (Å²) in [5.41, 5.74) is 2.39. The van der Waals surface area contributed by atoms with E-state index in [4.69, 9.17) is 11.6 Å². The van der Waals surface area contributed by atoms with Gasteiger partial charge in [-0.15, -0.1) is 11.6 Å². The number of unbranched alkanes of at least 4 members (excludes halogenated alkanes) is 3. The predicted octanol–water partition coefficient (Wildman–Crippen LogP) is 3.10. The summed E-state index contributed by atoms with van der Waals surface area (Å²) in [6.07, 6.45) is 4.89. The average Bonchev–Trinajstić information content (AvgIpc) is 2.68. The number of aromatic nitrogens is 2. The largest absolute Gasteiger partial charge is 0.311 e. The van der Waals surface area contributed by atoms with E-state index in [2.05, 4.69) is 28.1 Å². The van der Waals surface area contributed by atoms with Crippen LogP contribution in [0.5, 0.6) is 0 Å². The highest BCUT2D eigenvalue weighted by Gasteiger charge is 2.02.